The van der Waals surface area contributed by atoms with Crippen LogP contribution < -0.4 is 10.5 Å². The Hall–Kier alpha value is -1.02. The summed E-state index contributed by atoms with van der Waals surface area (Å²) < 4.78 is 5.40. The average molecular weight is 207 g/mol. The van der Waals surface area contributed by atoms with Gasteiger partial charge in [0.15, 0.2) is 0 Å². The number of rotatable bonds is 3. The summed E-state index contributed by atoms with van der Waals surface area (Å²) in [5.41, 5.74) is 9.75. The van der Waals surface area contributed by atoms with Crippen molar-refractivity contribution in [2.75, 3.05) is 7.11 Å². The lowest BCUT2D eigenvalue weighted by Crippen LogP contribution is -2.19. The highest BCUT2D eigenvalue weighted by atomic mass is 16.5. The Morgan fingerprint density at radius 1 is 1.20 bits per heavy atom. The van der Waals surface area contributed by atoms with Crippen molar-refractivity contribution in [1.82, 2.24) is 0 Å². The van der Waals surface area contributed by atoms with Gasteiger partial charge in [-0.1, -0.05) is 19.9 Å². The minimum atomic E-state index is 0.0422. The Morgan fingerprint density at radius 2 is 1.80 bits per heavy atom. The van der Waals surface area contributed by atoms with Crippen LogP contribution in [0.25, 0.3) is 0 Å². The highest BCUT2D eigenvalue weighted by molar-refractivity contribution is 5.45. The first kappa shape index (κ1) is 12.1. The summed E-state index contributed by atoms with van der Waals surface area (Å²) in [7, 11) is 1.70. The molecule has 15 heavy (non-hydrogen) atoms. The van der Waals surface area contributed by atoms with E-state index >= 15 is 0 Å². The molecule has 1 aromatic carbocycles. The van der Waals surface area contributed by atoms with Crippen molar-refractivity contribution in [3.8, 4) is 5.75 Å². The molecule has 1 atom stereocenters. The molecule has 1 unspecified atom stereocenters. The van der Waals surface area contributed by atoms with Crippen LogP contribution in [0.2, 0.25) is 0 Å². The molecule has 84 valence electrons. The van der Waals surface area contributed by atoms with Crippen LogP contribution in [0.1, 0.15) is 36.6 Å². The SMILES string of the molecule is COc1cc(C)cc(C)c1C(N)C(C)C. The zero-order chi connectivity index (χ0) is 11.6. The Morgan fingerprint density at radius 3 is 2.27 bits per heavy atom. The van der Waals surface area contributed by atoms with Crippen LogP contribution in [0.3, 0.4) is 0 Å². The first-order chi connectivity index (χ1) is 6.97. The van der Waals surface area contributed by atoms with Gasteiger partial charge in [0.1, 0.15) is 5.75 Å². The van der Waals surface area contributed by atoms with Gasteiger partial charge >= 0.3 is 0 Å². The van der Waals surface area contributed by atoms with Gasteiger partial charge in [-0.3, -0.25) is 0 Å². The van der Waals surface area contributed by atoms with Gasteiger partial charge in [-0.2, -0.15) is 0 Å². The number of hydrogen-bond donors (Lipinski definition) is 1. The fourth-order valence-electron chi connectivity index (χ4n) is 1.87. The smallest absolute Gasteiger partial charge is 0.124 e. The molecule has 0 saturated heterocycles. The molecule has 0 spiro atoms. The number of hydrogen-bond acceptors (Lipinski definition) is 2. The second-order valence-electron chi connectivity index (χ2n) is 4.47. The first-order valence-corrected chi connectivity index (χ1v) is 5.38. The number of methoxy groups -OCH3 is 1. The lowest BCUT2D eigenvalue weighted by Gasteiger charge is -2.21. The molecular weight excluding hydrogens is 186 g/mol. The van der Waals surface area contributed by atoms with Gasteiger partial charge in [0.2, 0.25) is 0 Å². The van der Waals surface area contributed by atoms with Crippen LogP contribution in [0.4, 0.5) is 0 Å². The van der Waals surface area contributed by atoms with Gasteiger partial charge in [0.25, 0.3) is 0 Å². The van der Waals surface area contributed by atoms with E-state index in [1.165, 1.54) is 11.1 Å². The maximum atomic E-state index is 6.19. The first-order valence-electron chi connectivity index (χ1n) is 5.38. The van der Waals surface area contributed by atoms with E-state index in [0.29, 0.717) is 5.92 Å². The highest BCUT2D eigenvalue weighted by Crippen LogP contribution is 2.32. The zero-order valence-corrected chi connectivity index (χ0v) is 10.3. The molecule has 0 saturated carbocycles. The minimum absolute atomic E-state index is 0.0422. The topological polar surface area (TPSA) is 35.2 Å². The van der Waals surface area contributed by atoms with Gasteiger partial charge in [-0.05, 0) is 37.0 Å². The van der Waals surface area contributed by atoms with E-state index in [1.54, 1.807) is 7.11 Å². The molecule has 2 heteroatoms. The summed E-state index contributed by atoms with van der Waals surface area (Å²) in [6.45, 7) is 8.42. The maximum Gasteiger partial charge on any atom is 0.124 e. The van der Waals surface area contributed by atoms with Crippen molar-refractivity contribution in [1.29, 1.82) is 0 Å². The van der Waals surface area contributed by atoms with Crippen molar-refractivity contribution in [3.63, 3.8) is 0 Å². The Kier molecular flexibility index (Phi) is 3.75. The standard InChI is InChI=1S/C13H21NO/c1-8(2)13(14)12-10(4)6-9(3)7-11(12)15-5/h6-8,13H,14H2,1-5H3. The predicted molar refractivity (Wildman–Crippen MR) is 64.2 cm³/mol. The van der Waals surface area contributed by atoms with E-state index in [-0.39, 0.29) is 6.04 Å². The lowest BCUT2D eigenvalue weighted by molar-refractivity contribution is 0.395. The fraction of sp³-hybridized carbons (Fsp3) is 0.538. The van der Waals surface area contributed by atoms with Crippen molar-refractivity contribution in [2.45, 2.75) is 33.7 Å². The van der Waals surface area contributed by atoms with Gasteiger partial charge in [-0.15, -0.1) is 0 Å². The van der Waals surface area contributed by atoms with E-state index in [2.05, 4.69) is 33.8 Å². The van der Waals surface area contributed by atoms with Crippen LogP contribution in [-0.4, -0.2) is 7.11 Å². The molecule has 0 heterocycles. The number of aryl methyl sites for hydroxylation is 2. The number of ether oxygens (including phenoxy) is 1. The van der Waals surface area contributed by atoms with Crippen LogP contribution >= 0.6 is 0 Å². The molecule has 1 aromatic rings. The molecule has 0 radical (unpaired) electrons. The summed E-state index contributed by atoms with van der Waals surface area (Å²) >= 11 is 0. The zero-order valence-electron chi connectivity index (χ0n) is 10.3. The Balaban J connectivity index is 3.26. The third-order valence-electron chi connectivity index (χ3n) is 2.76. The van der Waals surface area contributed by atoms with Crippen LogP contribution in [0.15, 0.2) is 12.1 Å². The average Bonchev–Trinajstić information content (AvgIpc) is 2.15. The maximum absolute atomic E-state index is 6.19. The van der Waals surface area contributed by atoms with Crippen LogP contribution in [0.5, 0.6) is 5.75 Å². The van der Waals surface area contributed by atoms with E-state index in [0.717, 1.165) is 11.3 Å². The molecule has 1 rings (SSSR count). The van der Waals surface area contributed by atoms with Crippen LogP contribution in [-0.2, 0) is 0 Å². The molecular formula is C13H21NO. The van der Waals surface area contributed by atoms with Gasteiger partial charge < -0.3 is 10.5 Å². The molecule has 0 aromatic heterocycles. The summed E-state index contributed by atoms with van der Waals surface area (Å²) in [5, 5.41) is 0. The van der Waals surface area contributed by atoms with Crippen molar-refractivity contribution in [2.24, 2.45) is 11.7 Å². The van der Waals surface area contributed by atoms with Gasteiger partial charge in [-0.25, -0.2) is 0 Å². The van der Waals surface area contributed by atoms with E-state index in [9.17, 15) is 0 Å². The summed E-state index contributed by atoms with van der Waals surface area (Å²) in [6.07, 6.45) is 0. The third kappa shape index (κ3) is 2.51. The summed E-state index contributed by atoms with van der Waals surface area (Å²) in [5.74, 6) is 1.33. The molecule has 0 amide bonds. The van der Waals surface area contributed by atoms with Gasteiger partial charge in [0.05, 0.1) is 7.11 Å². The molecule has 2 N–H and O–H groups in total. The Bertz CT molecular complexity index is 345. The minimum Gasteiger partial charge on any atom is -0.496 e. The molecule has 0 aliphatic heterocycles. The fourth-order valence-corrected chi connectivity index (χ4v) is 1.87. The molecule has 0 aliphatic rings. The van der Waals surface area contributed by atoms with Gasteiger partial charge in [0, 0.05) is 11.6 Å². The quantitative estimate of drug-likeness (QED) is 0.827. The summed E-state index contributed by atoms with van der Waals surface area (Å²) in [6, 6.07) is 4.24. The second-order valence-corrected chi connectivity index (χ2v) is 4.47. The Labute approximate surface area is 92.4 Å². The van der Waals surface area contributed by atoms with E-state index in [4.69, 9.17) is 10.5 Å². The van der Waals surface area contributed by atoms with Crippen molar-refractivity contribution in [3.05, 3.63) is 28.8 Å². The largest absolute Gasteiger partial charge is 0.496 e. The van der Waals surface area contributed by atoms with Crippen LogP contribution in [0, 0.1) is 19.8 Å². The highest BCUT2D eigenvalue weighted by Gasteiger charge is 2.17. The lowest BCUT2D eigenvalue weighted by atomic mass is 9.91. The number of benzene rings is 1. The monoisotopic (exact) mass is 207 g/mol. The molecule has 0 aliphatic carbocycles. The summed E-state index contributed by atoms with van der Waals surface area (Å²) in [4.78, 5) is 0. The predicted octanol–water partition coefficient (Wildman–Crippen LogP) is 2.97. The molecule has 2 nitrogen and oxygen atoms in total. The van der Waals surface area contributed by atoms with E-state index in [1.807, 2.05) is 6.07 Å². The third-order valence-corrected chi connectivity index (χ3v) is 2.76. The second kappa shape index (κ2) is 4.67. The number of nitrogens with two attached hydrogens (primary N) is 1. The normalized spacial score (nSPS) is 13.0. The van der Waals surface area contributed by atoms with E-state index < -0.39 is 0 Å². The van der Waals surface area contributed by atoms with Crippen molar-refractivity contribution >= 4 is 0 Å². The molecule has 0 bridgehead atoms. The molecule has 0 fully saturated rings. The van der Waals surface area contributed by atoms with Crippen molar-refractivity contribution < 1.29 is 4.74 Å².